The van der Waals surface area contributed by atoms with Crippen molar-refractivity contribution in [1.82, 2.24) is 10.2 Å². The van der Waals surface area contributed by atoms with E-state index in [2.05, 4.69) is 24.0 Å². The van der Waals surface area contributed by atoms with Crippen LogP contribution in [0, 0.1) is 13.8 Å². The maximum Gasteiger partial charge on any atom is 0.213 e. The van der Waals surface area contributed by atoms with Crippen molar-refractivity contribution in [2.75, 3.05) is 0 Å². The lowest BCUT2D eigenvalue weighted by molar-refractivity contribution is 0.489. The molecule has 1 heterocycles. The van der Waals surface area contributed by atoms with Crippen molar-refractivity contribution in [3.63, 3.8) is 0 Å². The van der Waals surface area contributed by atoms with E-state index >= 15 is 0 Å². The van der Waals surface area contributed by atoms with E-state index in [-0.39, 0.29) is 0 Å². The molecular formula is C7H14N2O. The van der Waals surface area contributed by atoms with Crippen LogP contribution in [0.5, 0.6) is 0 Å². The summed E-state index contributed by atoms with van der Waals surface area (Å²) in [5.41, 5.74) is 0. The fraction of sp³-hybridized carbons (Fsp3) is 0.714. The van der Waals surface area contributed by atoms with Gasteiger partial charge in [-0.3, -0.25) is 0 Å². The van der Waals surface area contributed by atoms with Gasteiger partial charge >= 0.3 is 0 Å². The first kappa shape index (κ1) is 9.14. The van der Waals surface area contributed by atoms with Crippen molar-refractivity contribution in [1.29, 1.82) is 0 Å². The minimum absolute atomic E-state index is 0.623. The molecule has 0 radical (unpaired) electrons. The van der Waals surface area contributed by atoms with Gasteiger partial charge in [0.1, 0.15) is 0 Å². The van der Waals surface area contributed by atoms with E-state index in [1.54, 1.807) is 13.8 Å². The lowest BCUT2D eigenvalue weighted by atomic mass is 10.6. The Kier molecular flexibility index (Phi) is 4.54. The second-order valence-corrected chi connectivity index (χ2v) is 2.05. The molecule has 58 valence electrons. The molecule has 0 saturated carbocycles. The van der Waals surface area contributed by atoms with E-state index < -0.39 is 0 Å². The van der Waals surface area contributed by atoms with Crippen LogP contribution in [0.15, 0.2) is 4.42 Å². The molecule has 1 aromatic heterocycles. The van der Waals surface area contributed by atoms with Crippen LogP contribution in [-0.4, -0.2) is 10.2 Å². The molecule has 0 saturated heterocycles. The van der Waals surface area contributed by atoms with Gasteiger partial charge < -0.3 is 4.42 Å². The fourth-order valence-electron chi connectivity index (χ4n) is 0.395. The summed E-state index contributed by atoms with van der Waals surface area (Å²) in [6, 6.07) is 0. The number of aryl methyl sites for hydroxylation is 2. The van der Waals surface area contributed by atoms with E-state index in [1.165, 1.54) is 6.42 Å². The Labute approximate surface area is 61.5 Å². The summed E-state index contributed by atoms with van der Waals surface area (Å²) in [7, 11) is 0. The van der Waals surface area contributed by atoms with Crippen LogP contribution in [0.4, 0.5) is 0 Å². The minimum Gasteiger partial charge on any atom is -0.426 e. The van der Waals surface area contributed by atoms with Crippen LogP contribution in [0.3, 0.4) is 0 Å². The highest BCUT2D eigenvalue weighted by atomic mass is 16.4. The predicted molar refractivity (Wildman–Crippen MR) is 39.7 cm³/mol. The Morgan fingerprint density at radius 2 is 1.40 bits per heavy atom. The first-order valence-electron chi connectivity index (χ1n) is 3.47. The summed E-state index contributed by atoms with van der Waals surface area (Å²) in [6.45, 7) is 7.78. The third-order valence-corrected chi connectivity index (χ3v) is 0.627. The van der Waals surface area contributed by atoms with Gasteiger partial charge in [-0.1, -0.05) is 20.3 Å². The first-order valence-corrected chi connectivity index (χ1v) is 3.47. The predicted octanol–water partition coefficient (Wildman–Crippen LogP) is 2.10. The van der Waals surface area contributed by atoms with Gasteiger partial charge in [-0.25, -0.2) is 0 Å². The molecule has 0 aliphatic heterocycles. The Morgan fingerprint density at radius 1 is 1.10 bits per heavy atom. The summed E-state index contributed by atoms with van der Waals surface area (Å²) in [6.07, 6.45) is 1.25. The Morgan fingerprint density at radius 3 is 1.50 bits per heavy atom. The molecule has 3 nitrogen and oxygen atoms in total. The van der Waals surface area contributed by atoms with Gasteiger partial charge in [0.2, 0.25) is 11.8 Å². The van der Waals surface area contributed by atoms with Crippen molar-refractivity contribution in [3.05, 3.63) is 11.8 Å². The zero-order chi connectivity index (χ0) is 7.98. The van der Waals surface area contributed by atoms with E-state index in [9.17, 15) is 0 Å². The molecule has 0 bridgehead atoms. The van der Waals surface area contributed by atoms with E-state index in [0.717, 1.165) is 0 Å². The van der Waals surface area contributed by atoms with Crippen LogP contribution >= 0.6 is 0 Å². The molecule has 0 aromatic carbocycles. The molecule has 0 amide bonds. The Balaban J connectivity index is 0.000000236. The van der Waals surface area contributed by atoms with Crippen LogP contribution in [0.25, 0.3) is 0 Å². The van der Waals surface area contributed by atoms with Crippen LogP contribution in [-0.2, 0) is 0 Å². The summed E-state index contributed by atoms with van der Waals surface area (Å²) >= 11 is 0. The average molecular weight is 142 g/mol. The third kappa shape index (κ3) is 4.06. The lowest BCUT2D eigenvalue weighted by Crippen LogP contribution is -1.68. The molecule has 0 spiro atoms. The minimum atomic E-state index is 0.623. The van der Waals surface area contributed by atoms with Gasteiger partial charge in [0, 0.05) is 13.8 Å². The van der Waals surface area contributed by atoms with Crippen molar-refractivity contribution in [3.8, 4) is 0 Å². The monoisotopic (exact) mass is 142 g/mol. The number of hydrogen-bond acceptors (Lipinski definition) is 3. The van der Waals surface area contributed by atoms with Crippen molar-refractivity contribution in [2.45, 2.75) is 34.1 Å². The fourth-order valence-corrected chi connectivity index (χ4v) is 0.395. The number of hydrogen-bond donors (Lipinski definition) is 0. The van der Waals surface area contributed by atoms with Crippen LogP contribution in [0.1, 0.15) is 32.0 Å². The second-order valence-electron chi connectivity index (χ2n) is 2.05. The molecule has 0 fully saturated rings. The zero-order valence-corrected chi connectivity index (χ0v) is 7.01. The Bertz CT molecular complexity index is 155. The van der Waals surface area contributed by atoms with Gasteiger partial charge in [-0.15, -0.1) is 10.2 Å². The molecular weight excluding hydrogens is 128 g/mol. The van der Waals surface area contributed by atoms with Gasteiger partial charge in [-0.05, 0) is 0 Å². The van der Waals surface area contributed by atoms with Crippen molar-refractivity contribution >= 4 is 0 Å². The maximum absolute atomic E-state index is 4.86. The van der Waals surface area contributed by atoms with Gasteiger partial charge in [0.15, 0.2) is 0 Å². The highest BCUT2D eigenvalue weighted by Gasteiger charge is 1.89. The highest BCUT2D eigenvalue weighted by molar-refractivity contribution is 4.72. The molecule has 0 atom stereocenters. The molecule has 1 aromatic rings. The van der Waals surface area contributed by atoms with Gasteiger partial charge in [-0.2, -0.15) is 0 Å². The third-order valence-electron chi connectivity index (χ3n) is 0.627. The van der Waals surface area contributed by atoms with Crippen LogP contribution in [0.2, 0.25) is 0 Å². The topological polar surface area (TPSA) is 38.9 Å². The van der Waals surface area contributed by atoms with Crippen molar-refractivity contribution < 1.29 is 4.42 Å². The van der Waals surface area contributed by atoms with Gasteiger partial charge in [0.25, 0.3) is 0 Å². The summed E-state index contributed by atoms with van der Waals surface area (Å²) in [5.74, 6) is 1.25. The number of rotatable bonds is 0. The molecule has 0 aliphatic rings. The summed E-state index contributed by atoms with van der Waals surface area (Å²) < 4.78 is 4.86. The van der Waals surface area contributed by atoms with E-state index in [4.69, 9.17) is 4.42 Å². The van der Waals surface area contributed by atoms with Gasteiger partial charge in [0.05, 0.1) is 0 Å². The van der Waals surface area contributed by atoms with Crippen molar-refractivity contribution in [2.24, 2.45) is 0 Å². The molecule has 0 aliphatic carbocycles. The molecule has 10 heavy (non-hydrogen) atoms. The summed E-state index contributed by atoms with van der Waals surface area (Å²) in [5, 5.41) is 7.20. The first-order chi connectivity index (χ1) is 4.70. The average Bonchev–Trinajstić information content (AvgIpc) is 2.17. The zero-order valence-electron chi connectivity index (χ0n) is 7.01. The van der Waals surface area contributed by atoms with E-state index in [1.807, 2.05) is 0 Å². The molecule has 1 rings (SSSR count). The highest BCUT2D eigenvalue weighted by Crippen LogP contribution is 1.92. The quantitative estimate of drug-likeness (QED) is 0.556. The normalized spacial score (nSPS) is 8.40. The number of aromatic nitrogens is 2. The lowest BCUT2D eigenvalue weighted by Gasteiger charge is -1.70. The largest absolute Gasteiger partial charge is 0.426 e. The second kappa shape index (κ2) is 4.97. The number of nitrogens with zero attached hydrogens (tertiary/aromatic N) is 2. The SMILES string of the molecule is CCC.Cc1nnc(C)o1. The van der Waals surface area contributed by atoms with Crippen LogP contribution < -0.4 is 0 Å². The molecule has 3 heteroatoms. The Hall–Kier alpha value is -0.860. The molecule has 0 N–H and O–H groups in total. The summed E-state index contributed by atoms with van der Waals surface area (Å²) in [4.78, 5) is 0. The maximum atomic E-state index is 4.86. The van der Waals surface area contributed by atoms with E-state index in [0.29, 0.717) is 11.8 Å². The standard InChI is InChI=1S/C4H6N2O.C3H8/c1-3-5-6-4(2)7-3;1-3-2/h1-2H3;3H2,1-2H3. The molecule has 0 unspecified atom stereocenters. The smallest absolute Gasteiger partial charge is 0.213 e.